The molecule has 1 fully saturated rings. The van der Waals surface area contributed by atoms with E-state index < -0.39 is 12.0 Å². The second-order valence-electron chi connectivity index (χ2n) is 4.26. The number of nitrogens with one attached hydrogen (secondary N) is 1. The van der Waals surface area contributed by atoms with E-state index in [0.717, 1.165) is 6.42 Å². The lowest BCUT2D eigenvalue weighted by Crippen LogP contribution is -2.46. The van der Waals surface area contributed by atoms with Crippen LogP contribution in [0, 0.1) is 0 Å². The Morgan fingerprint density at radius 2 is 2.44 bits per heavy atom. The quantitative estimate of drug-likeness (QED) is 0.783. The number of H-pyrrole nitrogens is 1. The molecular formula is C10H15N5O3. The predicted octanol–water partition coefficient (Wildman–Crippen LogP) is -0.0945. The molecule has 1 aromatic heterocycles. The molecule has 98 valence electrons. The molecule has 2 amide bonds. The highest BCUT2D eigenvalue weighted by Crippen LogP contribution is 2.19. The largest absolute Gasteiger partial charge is 0.480 e. The molecule has 8 nitrogen and oxygen atoms in total. The Hall–Kier alpha value is -2.12. The second kappa shape index (κ2) is 5.03. The first kappa shape index (κ1) is 12.3. The molecule has 0 unspecified atom stereocenters. The Bertz CT molecular complexity index is 433. The number of carbonyl (C=O) groups excluding carboxylic acids is 1. The van der Waals surface area contributed by atoms with Gasteiger partial charge in [0.05, 0.1) is 6.54 Å². The Balaban J connectivity index is 1.99. The van der Waals surface area contributed by atoms with Crippen LogP contribution in [0.1, 0.15) is 18.7 Å². The van der Waals surface area contributed by atoms with Crippen molar-refractivity contribution < 1.29 is 14.7 Å². The van der Waals surface area contributed by atoms with Gasteiger partial charge in [-0.2, -0.15) is 5.10 Å². The zero-order valence-corrected chi connectivity index (χ0v) is 10.0. The van der Waals surface area contributed by atoms with Crippen LogP contribution in [-0.4, -0.2) is 61.7 Å². The van der Waals surface area contributed by atoms with Gasteiger partial charge in [-0.3, -0.25) is 5.10 Å². The number of aromatic nitrogens is 3. The monoisotopic (exact) mass is 253 g/mol. The smallest absolute Gasteiger partial charge is 0.326 e. The summed E-state index contributed by atoms with van der Waals surface area (Å²) in [5.74, 6) is -0.383. The van der Waals surface area contributed by atoms with Crippen LogP contribution in [0.25, 0.3) is 0 Å². The number of carboxylic acid groups (broad SMARTS) is 1. The molecule has 2 rings (SSSR count). The van der Waals surface area contributed by atoms with Crippen LogP contribution in [-0.2, 0) is 11.3 Å². The van der Waals surface area contributed by atoms with Crippen molar-refractivity contribution in [2.24, 2.45) is 0 Å². The maximum atomic E-state index is 12.1. The summed E-state index contributed by atoms with van der Waals surface area (Å²) in [6, 6.07) is -1.01. The molecule has 1 saturated heterocycles. The number of amides is 2. The van der Waals surface area contributed by atoms with E-state index in [0.29, 0.717) is 18.8 Å². The van der Waals surface area contributed by atoms with Gasteiger partial charge < -0.3 is 14.9 Å². The minimum atomic E-state index is -0.950. The third-order valence-corrected chi connectivity index (χ3v) is 2.96. The van der Waals surface area contributed by atoms with Crippen molar-refractivity contribution in [1.29, 1.82) is 0 Å². The molecule has 0 aromatic carbocycles. The van der Waals surface area contributed by atoms with Crippen LogP contribution in [0.3, 0.4) is 0 Å². The number of aromatic amines is 1. The minimum absolute atomic E-state index is 0.279. The van der Waals surface area contributed by atoms with Gasteiger partial charge in [-0.25, -0.2) is 14.6 Å². The van der Waals surface area contributed by atoms with E-state index >= 15 is 0 Å². The van der Waals surface area contributed by atoms with Crippen LogP contribution < -0.4 is 0 Å². The van der Waals surface area contributed by atoms with E-state index in [-0.39, 0.29) is 12.6 Å². The van der Waals surface area contributed by atoms with E-state index in [1.54, 1.807) is 7.05 Å². The lowest BCUT2D eigenvalue weighted by Gasteiger charge is -2.26. The molecule has 0 saturated carbocycles. The van der Waals surface area contributed by atoms with Gasteiger partial charge in [0, 0.05) is 13.6 Å². The maximum absolute atomic E-state index is 12.1. The fourth-order valence-corrected chi connectivity index (χ4v) is 2.07. The van der Waals surface area contributed by atoms with Gasteiger partial charge in [-0.05, 0) is 12.8 Å². The van der Waals surface area contributed by atoms with Crippen LogP contribution in [0.5, 0.6) is 0 Å². The molecule has 8 heteroatoms. The SMILES string of the molecule is CN(Cc1ncn[nH]1)C(=O)N1CCC[C@@H]1C(=O)O. The summed E-state index contributed by atoms with van der Waals surface area (Å²) < 4.78 is 0. The molecule has 0 bridgehead atoms. The molecule has 1 aliphatic heterocycles. The number of hydrogen-bond donors (Lipinski definition) is 2. The lowest BCUT2D eigenvalue weighted by molar-refractivity contribution is -0.141. The van der Waals surface area contributed by atoms with Gasteiger partial charge in [0.15, 0.2) is 0 Å². The van der Waals surface area contributed by atoms with Crippen molar-refractivity contribution in [2.45, 2.75) is 25.4 Å². The first-order chi connectivity index (χ1) is 8.59. The summed E-state index contributed by atoms with van der Waals surface area (Å²) in [4.78, 5) is 29.9. The van der Waals surface area contributed by atoms with Crippen molar-refractivity contribution in [1.82, 2.24) is 25.0 Å². The molecule has 1 aromatic rings. The molecule has 18 heavy (non-hydrogen) atoms. The highest BCUT2D eigenvalue weighted by atomic mass is 16.4. The number of carboxylic acids is 1. The summed E-state index contributed by atoms with van der Waals surface area (Å²) in [5.41, 5.74) is 0. The summed E-state index contributed by atoms with van der Waals surface area (Å²) in [6.45, 7) is 0.762. The Morgan fingerprint density at radius 3 is 3.06 bits per heavy atom. The standard InChI is InChI=1S/C10H15N5O3/c1-14(5-8-11-6-12-13-8)10(18)15-4-2-3-7(15)9(16)17/h6-7H,2-5H2,1H3,(H,16,17)(H,11,12,13)/t7-/m1/s1. The summed E-state index contributed by atoms with van der Waals surface area (Å²) >= 11 is 0. The van der Waals surface area contributed by atoms with Crippen molar-refractivity contribution in [3.63, 3.8) is 0 Å². The third-order valence-electron chi connectivity index (χ3n) is 2.96. The highest BCUT2D eigenvalue weighted by molar-refractivity contribution is 5.83. The summed E-state index contributed by atoms with van der Waals surface area (Å²) in [5, 5.41) is 15.4. The Kier molecular flexibility index (Phi) is 3.45. The topological polar surface area (TPSA) is 102 Å². The minimum Gasteiger partial charge on any atom is -0.480 e. The fourth-order valence-electron chi connectivity index (χ4n) is 2.07. The van der Waals surface area contributed by atoms with E-state index in [1.807, 2.05) is 0 Å². The molecule has 2 N–H and O–H groups in total. The van der Waals surface area contributed by atoms with Crippen LogP contribution >= 0.6 is 0 Å². The Morgan fingerprint density at radius 1 is 1.67 bits per heavy atom. The maximum Gasteiger partial charge on any atom is 0.326 e. The van der Waals surface area contributed by atoms with Crippen LogP contribution in [0.2, 0.25) is 0 Å². The van der Waals surface area contributed by atoms with Crippen molar-refractivity contribution in [3.05, 3.63) is 12.2 Å². The molecular weight excluding hydrogens is 238 g/mol. The van der Waals surface area contributed by atoms with Crippen molar-refractivity contribution in [3.8, 4) is 0 Å². The molecule has 1 aliphatic rings. The number of hydrogen-bond acceptors (Lipinski definition) is 4. The van der Waals surface area contributed by atoms with Gasteiger partial charge in [0.1, 0.15) is 18.2 Å². The zero-order valence-electron chi connectivity index (χ0n) is 10.0. The lowest BCUT2D eigenvalue weighted by atomic mass is 10.2. The number of urea groups is 1. The fraction of sp³-hybridized carbons (Fsp3) is 0.600. The van der Waals surface area contributed by atoms with E-state index in [4.69, 9.17) is 5.11 Å². The van der Waals surface area contributed by atoms with Gasteiger partial charge in [-0.1, -0.05) is 0 Å². The molecule has 0 radical (unpaired) electrons. The molecule has 1 atom stereocenters. The van der Waals surface area contributed by atoms with E-state index in [2.05, 4.69) is 15.2 Å². The third kappa shape index (κ3) is 2.41. The first-order valence-corrected chi connectivity index (χ1v) is 5.68. The second-order valence-corrected chi connectivity index (χ2v) is 4.26. The first-order valence-electron chi connectivity index (χ1n) is 5.68. The van der Waals surface area contributed by atoms with Gasteiger partial charge >= 0.3 is 12.0 Å². The number of rotatable bonds is 3. The van der Waals surface area contributed by atoms with Gasteiger partial charge in [-0.15, -0.1) is 0 Å². The molecule has 0 spiro atoms. The van der Waals surface area contributed by atoms with Gasteiger partial charge in [0.2, 0.25) is 0 Å². The average molecular weight is 253 g/mol. The molecule has 0 aliphatic carbocycles. The normalized spacial score (nSPS) is 18.9. The Labute approximate surface area is 104 Å². The zero-order chi connectivity index (χ0) is 13.1. The van der Waals surface area contributed by atoms with Gasteiger partial charge in [0.25, 0.3) is 0 Å². The van der Waals surface area contributed by atoms with Crippen molar-refractivity contribution in [2.75, 3.05) is 13.6 Å². The predicted molar refractivity (Wildman–Crippen MR) is 60.6 cm³/mol. The average Bonchev–Trinajstić information content (AvgIpc) is 2.97. The van der Waals surface area contributed by atoms with Crippen LogP contribution in [0.4, 0.5) is 4.79 Å². The van der Waals surface area contributed by atoms with Crippen molar-refractivity contribution >= 4 is 12.0 Å². The summed E-state index contributed by atoms with van der Waals surface area (Å²) in [7, 11) is 1.61. The number of carbonyl (C=O) groups is 2. The summed E-state index contributed by atoms with van der Waals surface area (Å²) in [6.07, 6.45) is 2.60. The highest BCUT2D eigenvalue weighted by Gasteiger charge is 2.35. The number of likely N-dealkylation sites (tertiary alicyclic amines) is 1. The van der Waals surface area contributed by atoms with E-state index in [1.165, 1.54) is 16.1 Å². The number of aliphatic carboxylic acids is 1. The molecule has 2 heterocycles. The number of nitrogens with zero attached hydrogens (tertiary/aromatic N) is 4. The van der Waals surface area contributed by atoms with Crippen LogP contribution in [0.15, 0.2) is 6.33 Å². The van der Waals surface area contributed by atoms with E-state index in [9.17, 15) is 9.59 Å².